The first-order chi connectivity index (χ1) is 21.2. The van der Waals surface area contributed by atoms with Gasteiger partial charge in [-0.3, -0.25) is 12.5 Å². The Morgan fingerprint density at radius 3 is 0.867 bits per heavy atom. The van der Waals surface area contributed by atoms with Crippen LogP contribution in [-0.2, 0) is 62.2 Å². The fraction of sp³-hybridized carbons (Fsp3) is 0.273. The van der Waals surface area contributed by atoms with E-state index in [2.05, 4.69) is 0 Å². The van der Waals surface area contributed by atoms with Crippen molar-refractivity contribution in [1.82, 2.24) is 0 Å². The summed E-state index contributed by atoms with van der Waals surface area (Å²) in [6.45, 7) is 5.56. The van der Waals surface area contributed by atoms with Gasteiger partial charge in [0.2, 0.25) is 0 Å². The van der Waals surface area contributed by atoms with Crippen LogP contribution in [0.25, 0.3) is 0 Å². The van der Waals surface area contributed by atoms with E-state index in [0.717, 1.165) is 33.4 Å². The molecule has 7 rings (SSSR count). The second-order valence-electron chi connectivity index (χ2n) is 11.8. The highest BCUT2D eigenvalue weighted by molar-refractivity contribution is 7.87. The summed E-state index contributed by atoms with van der Waals surface area (Å²) in [4.78, 5) is 0.0837. The molecule has 0 aliphatic heterocycles. The summed E-state index contributed by atoms with van der Waals surface area (Å²) in [5.41, 5.74) is 6.95. The molecule has 45 heavy (non-hydrogen) atoms. The topological polar surface area (TPSA) is 130 Å². The average molecular weight is 667 g/mol. The molecule has 9 nitrogen and oxygen atoms in total. The lowest BCUT2D eigenvalue weighted by atomic mass is 9.62. The molecule has 12 heteroatoms. The molecule has 0 heterocycles. The molecule has 0 aromatic heterocycles. The van der Waals surface area contributed by atoms with Crippen LogP contribution in [-0.4, -0.2) is 25.3 Å². The lowest BCUT2D eigenvalue weighted by Gasteiger charge is -2.48. The van der Waals surface area contributed by atoms with E-state index in [9.17, 15) is 25.3 Å². The number of hydrogen-bond acceptors (Lipinski definition) is 9. The summed E-state index contributed by atoms with van der Waals surface area (Å²) in [5, 5.41) is 0. The maximum absolute atomic E-state index is 13.2. The first-order valence-electron chi connectivity index (χ1n) is 14.4. The minimum Gasteiger partial charge on any atom is -0.258 e. The molecule has 3 aliphatic carbocycles. The Morgan fingerprint density at radius 2 is 0.644 bits per heavy atom. The van der Waals surface area contributed by atoms with Crippen LogP contribution in [0, 0.1) is 20.8 Å². The Hall–Kier alpha value is -3.39. The normalized spacial score (nSPS) is 20.2. The van der Waals surface area contributed by atoms with Gasteiger partial charge in [-0.25, -0.2) is 0 Å². The second-order valence-corrected chi connectivity index (χ2v) is 16.6. The van der Waals surface area contributed by atoms with Gasteiger partial charge in [0.1, 0.15) is 18.3 Å². The molecule has 1 unspecified atom stereocenters. The van der Waals surface area contributed by atoms with Crippen LogP contribution in [0.2, 0.25) is 0 Å². The maximum atomic E-state index is 13.2. The van der Waals surface area contributed by atoms with Gasteiger partial charge in [-0.05, 0) is 90.6 Å². The Balaban J connectivity index is 1.23. The zero-order valence-electron chi connectivity index (χ0n) is 24.7. The predicted octanol–water partition coefficient (Wildman–Crippen LogP) is 5.62. The minimum atomic E-state index is -4.11. The van der Waals surface area contributed by atoms with Crippen LogP contribution < -0.4 is 0 Å². The van der Waals surface area contributed by atoms with Crippen LogP contribution in [0.4, 0.5) is 0 Å². The molecule has 0 saturated carbocycles. The zero-order chi connectivity index (χ0) is 31.9. The van der Waals surface area contributed by atoms with Gasteiger partial charge >= 0.3 is 0 Å². The zero-order valence-corrected chi connectivity index (χ0v) is 27.1. The molecule has 0 fully saturated rings. The van der Waals surface area contributed by atoms with Crippen molar-refractivity contribution < 1.29 is 37.8 Å². The molecule has 3 aliphatic rings. The molecule has 0 amide bonds. The van der Waals surface area contributed by atoms with E-state index in [1.807, 2.05) is 20.8 Å². The molecule has 234 valence electrons. The van der Waals surface area contributed by atoms with E-state index in [4.69, 9.17) is 12.5 Å². The smallest absolute Gasteiger partial charge is 0.258 e. The predicted molar refractivity (Wildman–Crippen MR) is 164 cm³/mol. The highest BCUT2D eigenvalue weighted by atomic mass is 32.2. The van der Waals surface area contributed by atoms with Crippen molar-refractivity contribution in [2.24, 2.45) is 0 Å². The molecule has 0 spiro atoms. The third-order valence-corrected chi connectivity index (χ3v) is 12.7. The molecule has 3 atom stereocenters. The molecular formula is C33H30O9S3. The van der Waals surface area contributed by atoms with Crippen LogP contribution in [0.3, 0.4) is 0 Å². The lowest BCUT2D eigenvalue weighted by molar-refractivity contribution is 0.143. The Labute approximate surface area is 263 Å². The second kappa shape index (κ2) is 10.6. The average Bonchev–Trinajstić information content (AvgIpc) is 2.95. The van der Waals surface area contributed by atoms with Crippen LogP contribution >= 0.6 is 0 Å². The number of hydrogen-bond donors (Lipinski definition) is 0. The molecule has 4 aromatic carbocycles. The highest BCUT2D eigenvalue weighted by Gasteiger charge is 2.51. The van der Waals surface area contributed by atoms with Crippen molar-refractivity contribution >= 4 is 30.4 Å². The fourth-order valence-electron chi connectivity index (χ4n) is 6.26. The molecular weight excluding hydrogens is 637 g/mol. The quantitative estimate of drug-likeness (QED) is 0.209. The highest BCUT2D eigenvalue weighted by Crippen LogP contribution is 2.58. The van der Waals surface area contributed by atoms with Crippen molar-refractivity contribution in [2.45, 2.75) is 73.0 Å². The summed E-state index contributed by atoms with van der Waals surface area (Å²) in [7, 11) is -12.3. The summed E-state index contributed by atoms with van der Waals surface area (Å²) in [5.74, 6) is 0. The Morgan fingerprint density at radius 1 is 0.422 bits per heavy atom. The van der Waals surface area contributed by atoms with Crippen molar-refractivity contribution in [2.75, 3.05) is 0 Å². The lowest BCUT2D eigenvalue weighted by Crippen LogP contribution is -2.40. The third-order valence-electron chi connectivity index (χ3n) is 8.74. The van der Waals surface area contributed by atoms with Gasteiger partial charge in [0, 0.05) is 19.3 Å². The molecule has 0 bridgehead atoms. The van der Waals surface area contributed by atoms with Gasteiger partial charge in [-0.15, -0.1) is 0 Å². The van der Waals surface area contributed by atoms with Gasteiger partial charge in [0.15, 0.2) is 0 Å². The Kier molecular flexibility index (Phi) is 7.12. The first kappa shape index (κ1) is 30.3. The Bertz CT molecular complexity index is 1900. The third kappa shape index (κ3) is 5.23. The van der Waals surface area contributed by atoms with Gasteiger partial charge in [-0.2, -0.15) is 25.3 Å². The van der Waals surface area contributed by atoms with Crippen molar-refractivity contribution in [3.8, 4) is 0 Å². The first-order valence-corrected chi connectivity index (χ1v) is 18.7. The van der Waals surface area contributed by atoms with Gasteiger partial charge < -0.3 is 0 Å². The standard InChI is InChI=1S/C33H30O9S3/c1-19-4-10-22(11-5-19)43(34,35)40-28-16-25-31(28)26-17-29(41-44(36,37)23-12-6-20(2)7-13-23)33(26)27-18-30(32(25)27)42-45(38,39)24-14-8-21(3)9-15-24/h4-15,28-30H,16-18H2,1-3H3/t28-,29-,30?/m1/s1. The van der Waals surface area contributed by atoms with Crippen molar-refractivity contribution in [3.63, 3.8) is 0 Å². The monoisotopic (exact) mass is 666 g/mol. The van der Waals surface area contributed by atoms with Crippen LogP contribution in [0.5, 0.6) is 0 Å². The SMILES string of the molecule is Cc1ccc(S(=O)(=O)OC2Cc3c2c2c(c4c3[C@H](OS(=O)(=O)c3ccc(C)cc3)C4)[C@H](OS(=O)(=O)c3ccc(C)cc3)C2)cc1. The van der Waals surface area contributed by atoms with E-state index in [-0.39, 0.29) is 33.9 Å². The van der Waals surface area contributed by atoms with E-state index in [1.165, 1.54) is 36.4 Å². The number of benzene rings is 4. The van der Waals surface area contributed by atoms with Crippen LogP contribution in [0.1, 0.15) is 68.4 Å². The summed E-state index contributed by atoms with van der Waals surface area (Å²) < 4.78 is 96.1. The van der Waals surface area contributed by atoms with Crippen LogP contribution in [0.15, 0.2) is 87.5 Å². The van der Waals surface area contributed by atoms with Gasteiger partial charge in [0.05, 0.1) is 14.7 Å². The molecule has 0 radical (unpaired) electrons. The van der Waals surface area contributed by atoms with Crippen molar-refractivity contribution in [3.05, 3.63) is 123 Å². The van der Waals surface area contributed by atoms with E-state index < -0.39 is 48.7 Å². The summed E-state index contributed by atoms with van der Waals surface area (Å²) >= 11 is 0. The number of rotatable bonds is 9. The number of fused-ring (bicyclic) bond motifs is 6. The summed E-state index contributed by atoms with van der Waals surface area (Å²) in [6.07, 6.45) is -1.70. The molecule has 0 N–H and O–H groups in total. The molecule has 4 aromatic rings. The summed E-state index contributed by atoms with van der Waals surface area (Å²) in [6, 6.07) is 19.0. The maximum Gasteiger partial charge on any atom is 0.297 e. The van der Waals surface area contributed by atoms with Gasteiger partial charge in [0.25, 0.3) is 30.4 Å². The van der Waals surface area contributed by atoms with E-state index in [1.54, 1.807) is 36.4 Å². The van der Waals surface area contributed by atoms with Crippen molar-refractivity contribution in [1.29, 1.82) is 0 Å². The fourth-order valence-corrected chi connectivity index (χ4v) is 9.41. The van der Waals surface area contributed by atoms with E-state index >= 15 is 0 Å². The number of aryl methyl sites for hydroxylation is 3. The van der Waals surface area contributed by atoms with E-state index in [0.29, 0.717) is 16.7 Å². The largest absolute Gasteiger partial charge is 0.297 e. The molecule has 0 saturated heterocycles. The van der Waals surface area contributed by atoms with Gasteiger partial charge in [-0.1, -0.05) is 53.1 Å². The minimum absolute atomic E-state index is 0.0279.